The van der Waals surface area contributed by atoms with E-state index in [0.717, 1.165) is 17.9 Å². The van der Waals surface area contributed by atoms with Gasteiger partial charge in [0, 0.05) is 46.1 Å². The highest BCUT2D eigenvalue weighted by molar-refractivity contribution is 7.90. The Bertz CT molecular complexity index is 1040. The summed E-state index contributed by atoms with van der Waals surface area (Å²) in [5.74, 6) is 0.263. The van der Waals surface area contributed by atoms with Gasteiger partial charge < -0.3 is 15.5 Å². The lowest BCUT2D eigenvalue weighted by atomic mass is 10.2. The lowest BCUT2D eigenvalue weighted by Crippen LogP contribution is -2.40. The first kappa shape index (κ1) is 23.1. The predicted octanol–water partition coefficient (Wildman–Crippen LogP) is 2.26. The maximum absolute atomic E-state index is 13.3. The van der Waals surface area contributed by atoms with Crippen molar-refractivity contribution in [3.05, 3.63) is 64.0 Å². The average molecular weight is 437 g/mol. The third kappa shape index (κ3) is 6.41. The Kier molecular flexibility index (Phi) is 7.70. The topological polar surface area (TPSA) is 117 Å². The second-order valence-corrected chi connectivity index (χ2v) is 8.61. The van der Waals surface area contributed by atoms with Crippen LogP contribution in [0.25, 0.3) is 0 Å². The number of nitro benzene ring substituents is 1. The van der Waals surface area contributed by atoms with Crippen LogP contribution >= 0.6 is 0 Å². The first-order valence-electron chi connectivity index (χ1n) is 9.00. The zero-order valence-electron chi connectivity index (χ0n) is 16.9. The van der Waals surface area contributed by atoms with Gasteiger partial charge in [-0.1, -0.05) is 12.1 Å². The van der Waals surface area contributed by atoms with Crippen LogP contribution in [-0.2, 0) is 16.4 Å². The zero-order valence-corrected chi connectivity index (χ0v) is 17.7. The van der Waals surface area contributed by atoms with Gasteiger partial charge in [0.2, 0.25) is 0 Å². The maximum Gasteiger partial charge on any atom is 0.293 e. The van der Waals surface area contributed by atoms with Crippen LogP contribution in [-0.4, -0.2) is 57.6 Å². The Balaban J connectivity index is 1.95. The fourth-order valence-electron chi connectivity index (χ4n) is 2.78. The van der Waals surface area contributed by atoms with E-state index in [9.17, 15) is 22.9 Å². The Morgan fingerprint density at radius 3 is 2.57 bits per heavy atom. The monoisotopic (exact) mass is 437 g/mol. The van der Waals surface area contributed by atoms with Gasteiger partial charge in [-0.05, 0) is 29.8 Å². The highest BCUT2D eigenvalue weighted by Crippen LogP contribution is 2.27. The summed E-state index contributed by atoms with van der Waals surface area (Å²) in [5, 5.41) is 17.3. The summed E-state index contributed by atoms with van der Waals surface area (Å²) in [6.45, 7) is 1.17. The summed E-state index contributed by atoms with van der Waals surface area (Å²) in [6, 6.07) is 10.0. The summed E-state index contributed by atoms with van der Waals surface area (Å²) in [7, 11) is -0.117. The van der Waals surface area contributed by atoms with E-state index in [1.165, 1.54) is 24.3 Å². The molecule has 0 aliphatic heterocycles. The van der Waals surface area contributed by atoms with Gasteiger partial charge in [-0.2, -0.15) is 0 Å². The van der Waals surface area contributed by atoms with E-state index in [1.54, 1.807) is 13.1 Å². The van der Waals surface area contributed by atoms with Crippen molar-refractivity contribution in [3.8, 4) is 0 Å². The molecule has 0 unspecified atom stereocenters. The molecule has 9 nitrogen and oxygen atoms in total. The first-order chi connectivity index (χ1) is 14.1. The summed E-state index contributed by atoms with van der Waals surface area (Å²) >= 11 is 0. The minimum absolute atomic E-state index is 0.114. The first-order valence-corrected chi connectivity index (χ1v) is 10.9. The molecule has 0 aromatic heterocycles. The van der Waals surface area contributed by atoms with Crippen molar-refractivity contribution in [1.29, 1.82) is 0 Å². The Morgan fingerprint density at radius 2 is 1.97 bits per heavy atom. The van der Waals surface area contributed by atoms with Crippen molar-refractivity contribution in [2.24, 2.45) is 4.99 Å². The average Bonchev–Trinajstić information content (AvgIpc) is 2.67. The van der Waals surface area contributed by atoms with Gasteiger partial charge in [-0.15, -0.1) is 0 Å². The molecule has 11 heteroatoms. The SMILES string of the molecule is CN=C(NCCNc1ccc(S(C)(=O)=O)cc1[N+](=O)[O-])N(C)Cc1cccc(F)c1. The van der Waals surface area contributed by atoms with Crippen molar-refractivity contribution in [2.45, 2.75) is 11.4 Å². The number of benzene rings is 2. The van der Waals surface area contributed by atoms with Crippen LogP contribution in [0.3, 0.4) is 0 Å². The van der Waals surface area contributed by atoms with Crippen LogP contribution in [0.4, 0.5) is 15.8 Å². The molecular formula is C19H24FN5O4S. The summed E-state index contributed by atoms with van der Waals surface area (Å²) < 4.78 is 36.6. The van der Waals surface area contributed by atoms with Gasteiger partial charge in [0.25, 0.3) is 5.69 Å². The normalized spacial score (nSPS) is 11.8. The fourth-order valence-corrected chi connectivity index (χ4v) is 3.42. The summed E-state index contributed by atoms with van der Waals surface area (Å²) in [6.07, 6.45) is 0.995. The van der Waals surface area contributed by atoms with Crippen molar-refractivity contribution < 1.29 is 17.7 Å². The second-order valence-electron chi connectivity index (χ2n) is 6.59. The van der Waals surface area contributed by atoms with Gasteiger partial charge in [0.1, 0.15) is 11.5 Å². The van der Waals surface area contributed by atoms with E-state index in [0.29, 0.717) is 25.6 Å². The molecule has 30 heavy (non-hydrogen) atoms. The molecule has 2 N–H and O–H groups in total. The van der Waals surface area contributed by atoms with E-state index < -0.39 is 14.8 Å². The second kappa shape index (κ2) is 10.0. The standard InChI is InChI=1S/C19H24FN5O4S/c1-21-19(24(2)13-14-5-4-6-15(20)11-14)23-10-9-22-17-8-7-16(30(3,28)29)12-18(17)25(26)27/h4-8,11-12,22H,9-10,13H2,1-3H3,(H,21,23). The van der Waals surface area contributed by atoms with Crippen molar-refractivity contribution in [2.75, 3.05) is 38.8 Å². The molecule has 0 fully saturated rings. The van der Waals surface area contributed by atoms with Gasteiger partial charge in [-0.3, -0.25) is 15.1 Å². The summed E-state index contributed by atoms with van der Waals surface area (Å²) in [5.41, 5.74) is 0.697. The molecule has 0 bridgehead atoms. The van der Waals surface area contributed by atoms with Gasteiger partial charge in [0.05, 0.1) is 9.82 Å². The largest absolute Gasteiger partial charge is 0.378 e. The number of anilines is 1. The lowest BCUT2D eigenvalue weighted by molar-refractivity contribution is -0.384. The van der Waals surface area contributed by atoms with Crippen molar-refractivity contribution in [3.63, 3.8) is 0 Å². The highest BCUT2D eigenvalue weighted by Gasteiger charge is 2.18. The molecule has 0 heterocycles. The van der Waals surface area contributed by atoms with Crippen molar-refractivity contribution in [1.82, 2.24) is 10.2 Å². The minimum atomic E-state index is -3.54. The molecule has 2 rings (SSSR count). The molecule has 0 aliphatic rings. The lowest BCUT2D eigenvalue weighted by Gasteiger charge is -2.22. The number of sulfone groups is 1. The maximum atomic E-state index is 13.3. The number of nitro groups is 1. The number of halogens is 1. The van der Waals surface area contributed by atoms with E-state index >= 15 is 0 Å². The number of aliphatic imine (C=N–C) groups is 1. The van der Waals surface area contributed by atoms with Gasteiger partial charge in [-0.25, -0.2) is 12.8 Å². The molecule has 0 atom stereocenters. The highest BCUT2D eigenvalue weighted by atomic mass is 32.2. The Hall–Kier alpha value is -3.21. The number of guanidine groups is 1. The molecule has 0 saturated heterocycles. The van der Waals surface area contributed by atoms with E-state index in [-0.39, 0.29) is 22.1 Å². The van der Waals surface area contributed by atoms with E-state index in [4.69, 9.17) is 0 Å². The van der Waals surface area contributed by atoms with Crippen LogP contribution in [0.15, 0.2) is 52.4 Å². The fraction of sp³-hybridized carbons (Fsp3) is 0.316. The molecule has 0 aliphatic carbocycles. The molecular weight excluding hydrogens is 413 g/mol. The third-order valence-corrected chi connectivity index (χ3v) is 5.31. The molecule has 0 saturated carbocycles. The molecule has 0 amide bonds. The van der Waals surface area contributed by atoms with Gasteiger partial charge in [0.15, 0.2) is 15.8 Å². The van der Waals surface area contributed by atoms with E-state index in [2.05, 4.69) is 15.6 Å². The number of hydrogen-bond donors (Lipinski definition) is 2. The molecule has 0 radical (unpaired) electrons. The molecule has 0 spiro atoms. The van der Waals surface area contributed by atoms with Crippen LogP contribution in [0.1, 0.15) is 5.56 Å². The summed E-state index contributed by atoms with van der Waals surface area (Å²) in [4.78, 5) is 16.5. The van der Waals surface area contributed by atoms with Crippen molar-refractivity contribution >= 4 is 27.2 Å². The number of nitrogens with one attached hydrogen (secondary N) is 2. The van der Waals surface area contributed by atoms with Crippen LogP contribution in [0.5, 0.6) is 0 Å². The zero-order chi connectivity index (χ0) is 22.3. The Morgan fingerprint density at radius 1 is 1.23 bits per heavy atom. The number of hydrogen-bond acceptors (Lipinski definition) is 6. The smallest absolute Gasteiger partial charge is 0.293 e. The number of rotatable bonds is 8. The van der Waals surface area contributed by atoms with E-state index in [1.807, 2.05) is 18.0 Å². The third-order valence-electron chi connectivity index (χ3n) is 4.20. The predicted molar refractivity (Wildman–Crippen MR) is 114 cm³/mol. The van der Waals surface area contributed by atoms with Crippen LogP contribution in [0.2, 0.25) is 0 Å². The molecule has 2 aromatic carbocycles. The minimum Gasteiger partial charge on any atom is -0.378 e. The molecule has 162 valence electrons. The quantitative estimate of drug-likeness (QED) is 0.214. The van der Waals surface area contributed by atoms with Gasteiger partial charge >= 0.3 is 0 Å². The van der Waals surface area contributed by atoms with Crippen LogP contribution < -0.4 is 10.6 Å². The number of nitrogens with zero attached hydrogens (tertiary/aromatic N) is 3. The van der Waals surface area contributed by atoms with Crippen LogP contribution in [0, 0.1) is 15.9 Å². The Labute approximate surface area is 174 Å². The molecule has 2 aromatic rings.